The SMILES string of the molecule is CCCCCCCCCCCCCCCCCCCCCCCCC(=O)O[C@H](COC(=O)CCCCCCCCCCCCCCCCCCCCC(C)C)COP(=O)(O)OC[C@@H](O)COP(=O)(O)OC[C@@H](COC(=O)CCCCCCCCCC)OC(=O)CCCCCCCCCCCCCCCC. The number of aliphatic hydroxyl groups excluding tert-OH is 1. The molecule has 0 amide bonds. The molecule has 0 heterocycles. The molecule has 0 bridgehead atoms. The van der Waals surface area contributed by atoms with E-state index >= 15 is 0 Å². The van der Waals surface area contributed by atoms with Crippen LogP contribution in [-0.4, -0.2) is 96.7 Å². The summed E-state index contributed by atoms with van der Waals surface area (Å²) in [6.07, 6.45) is 72.4. The van der Waals surface area contributed by atoms with Gasteiger partial charge in [0.05, 0.1) is 26.4 Å². The third kappa shape index (κ3) is 79.9. The van der Waals surface area contributed by atoms with Crippen LogP contribution < -0.4 is 0 Å². The fourth-order valence-corrected chi connectivity index (χ4v) is 15.1. The Morgan fingerprint density at radius 1 is 0.257 bits per heavy atom. The highest BCUT2D eigenvalue weighted by Gasteiger charge is 2.30. The van der Waals surface area contributed by atoms with Crippen molar-refractivity contribution in [3.8, 4) is 0 Å². The van der Waals surface area contributed by atoms with E-state index in [2.05, 4.69) is 34.6 Å². The number of aliphatic hydroxyl groups is 1. The number of ether oxygens (including phenoxy) is 4. The average Bonchev–Trinajstić information content (AvgIpc) is 0.918. The molecule has 0 aliphatic heterocycles. The second kappa shape index (κ2) is 78.7. The molecule has 0 aromatic rings. The molecule has 17 nitrogen and oxygen atoms in total. The Bertz CT molecular complexity index is 2000. The maximum atomic E-state index is 13.1. The van der Waals surface area contributed by atoms with Crippen LogP contribution in [0.4, 0.5) is 0 Å². The minimum atomic E-state index is -4.96. The molecular formula is C86H168O17P2. The van der Waals surface area contributed by atoms with E-state index in [0.29, 0.717) is 25.7 Å². The molecule has 0 saturated carbocycles. The van der Waals surface area contributed by atoms with E-state index in [0.717, 1.165) is 95.8 Å². The lowest BCUT2D eigenvalue weighted by Crippen LogP contribution is -2.30. The van der Waals surface area contributed by atoms with Gasteiger partial charge in [0.25, 0.3) is 0 Å². The topological polar surface area (TPSA) is 237 Å². The zero-order chi connectivity index (χ0) is 76.9. The number of rotatable bonds is 86. The Morgan fingerprint density at radius 3 is 0.648 bits per heavy atom. The highest BCUT2D eigenvalue weighted by molar-refractivity contribution is 7.47. The van der Waals surface area contributed by atoms with Crippen molar-refractivity contribution in [2.45, 2.75) is 483 Å². The van der Waals surface area contributed by atoms with Crippen molar-refractivity contribution in [2.75, 3.05) is 39.6 Å². The van der Waals surface area contributed by atoms with Crippen molar-refractivity contribution in [1.82, 2.24) is 0 Å². The maximum absolute atomic E-state index is 13.1. The fourth-order valence-electron chi connectivity index (χ4n) is 13.5. The van der Waals surface area contributed by atoms with E-state index in [1.807, 2.05) is 0 Å². The van der Waals surface area contributed by atoms with Gasteiger partial charge in [0.15, 0.2) is 12.2 Å². The van der Waals surface area contributed by atoms with Crippen LogP contribution in [0.1, 0.15) is 465 Å². The highest BCUT2D eigenvalue weighted by Crippen LogP contribution is 2.45. The summed E-state index contributed by atoms with van der Waals surface area (Å²) in [6.45, 7) is 7.37. The summed E-state index contributed by atoms with van der Waals surface area (Å²) in [6, 6.07) is 0. The van der Waals surface area contributed by atoms with Gasteiger partial charge in [-0.25, -0.2) is 9.13 Å². The molecule has 0 aromatic heterocycles. The van der Waals surface area contributed by atoms with E-state index < -0.39 is 97.5 Å². The Balaban J connectivity index is 5.17. The first-order valence-corrected chi connectivity index (χ1v) is 47.6. The van der Waals surface area contributed by atoms with Gasteiger partial charge in [-0.2, -0.15) is 0 Å². The van der Waals surface area contributed by atoms with E-state index in [1.165, 1.54) is 289 Å². The van der Waals surface area contributed by atoms with Crippen LogP contribution in [0.2, 0.25) is 0 Å². The molecular weight excluding hydrogens is 1370 g/mol. The lowest BCUT2D eigenvalue weighted by molar-refractivity contribution is -0.161. The molecule has 2 unspecified atom stereocenters. The summed E-state index contributed by atoms with van der Waals surface area (Å²) >= 11 is 0. The van der Waals surface area contributed by atoms with Crippen molar-refractivity contribution >= 4 is 39.5 Å². The van der Waals surface area contributed by atoms with Crippen molar-refractivity contribution < 1.29 is 80.2 Å². The standard InChI is InChI=1S/C86H168O17P2/c1-6-9-12-15-18-21-23-25-27-28-29-30-31-32-37-40-44-48-52-57-62-67-72-86(91)103-82(76-97-84(89)70-65-60-55-50-46-43-39-36-34-33-35-38-41-45-49-53-58-63-68-79(4)5)78-101-105(94,95)99-74-80(87)73-98-104(92,93)100-77-81(75-96-83(88)69-64-59-54-20-17-14-11-8-3)102-85(90)71-66-61-56-51-47-42-26-24-22-19-16-13-10-7-2/h79-82,87H,6-78H2,1-5H3,(H,92,93)(H,94,95)/t80-,81+,82+/m0/s1. The summed E-state index contributed by atoms with van der Waals surface area (Å²) in [5, 5.41) is 10.7. The number of hydrogen-bond acceptors (Lipinski definition) is 15. The number of hydrogen-bond donors (Lipinski definition) is 3. The molecule has 0 fully saturated rings. The van der Waals surface area contributed by atoms with Gasteiger partial charge >= 0.3 is 39.5 Å². The number of phosphoric ester groups is 2. The molecule has 0 spiro atoms. The van der Waals surface area contributed by atoms with Crippen molar-refractivity contribution in [3.05, 3.63) is 0 Å². The molecule has 3 N–H and O–H groups in total. The highest BCUT2D eigenvalue weighted by atomic mass is 31.2. The second-order valence-electron chi connectivity index (χ2n) is 31.4. The smallest absolute Gasteiger partial charge is 0.462 e. The van der Waals surface area contributed by atoms with Gasteiger partial charge in [0.2, 0.25) is 0 Å². The van der Waals surface area contributed by atoms with Gasteiger partial charge in [0, 0.05) is 25.7 Å². The Hall–Kier alpha value is -1.94. The number of esters is 4. The van der Waals surface area contributed by atoms with Crippen LogP contribution in [0, 0.1) is 5.92 Å². The van der Waals surface area contributed by atoms with Crippen LogP contribution in [0.5, 0.6) is 0 Å². The predicted molar refractivity (Wildman–Crippen MR) is 432 cm³/mol. The molecule has 105 heavy (non-hydrogen) atoms. The lowest BCUT2D eigenvalue weighted by Gasteiger charge is -2.21. The zero-order valence-corrected chi connectivity index (χ0v) is 70.7. The first-order valence-electron chi connectivity index (χ1n) is 44.6. The van der Waals surface area contributed by atoms with Gasteiger partial charge in [-0.1, -0.05) is 413 Å². The number of unbranched alkanes of at least 4 members (excludes halogenated alkanes) is 58. The van der Waals surface area contributed by atoms with Gasteiger partial charge < -0.3 is 33.8 Å². The third-order valence-electron chi connectivity index (χ3n) is 20.3. The molecule has 0 radical (unpaired) electrons. The van der Waals surface area contributed by atoms with Crippen LogP contribution in [0.3, 0.4) is 0 Å². The average molecular weight is 1540 g/mol. The van der Waals surface area contributed by atoms with Crippen molar-refractivity contribution in [3.63, 3.8) is 0 Å². The Labute approximate surface area is 645 Å². The van der Waals surface area contributed by atoms with E-state index in [-0.39, 0.29) is 25.7 Å². The molecule has 0 aliphatic rings. The maximum Gasteiger partial charge on any atom is 0.472 e. The van der Waals surface area contributed by atoms with Gasteiger partial charge in [-0.3, -0.25) is 37.3 Å². The van der Waals surface area contributed by atoms with Crippen LogP contribution in [0.25, 0.3) is 0 Å². The molecule has 0 aromatic carbocycles. The van der Waals surface area contributed by atoms with Crippen molar-refractivity contribution in [2.24, 2.45) is 5.92 Å². The zero-order valence-electron chi connectivity index (χ0n) is 68.9. The largest absolute Gasteiger partial charge is 0.472 e. The molecule has 0 aliphatic carbocycles. The number of carbonyl (C=O) groups excluding carboxylic acids is 4. The monoisotopic (exact) mass is 1540 g/mol. The summed E-state index contributed by atoms with van der Waals surface area (Å²) in [4.78, 5) is 73.1. The first kappa shape index (κ1) is 103. The summed E-state index contributed by atoms with van der Waals surface area (Å²) < 4.78 is 68.8. The Morgan fingerprint density at radius 2 is 0.438 bits per heavy atom. The fraction of sp³-hybridized carbons (Fsp3) is 0.953. The van der Waals surface area contributed by atoms with Crippen molar-refractivity contribution in [1.29, 1.82) is 0 Å². The summed E-state index contributed by atoms with van der Waals surface area (Å²) in [5.74, 6) is -1.28. The van der Waals surface area contributed by atoms with Crippen LogP contribution in [0.15, 0.2) is 0 Å². The normalized spacial score (nSPS) is 13.8. The van der Waals surface area contributed by atoms with Gasteiger partial charge in [-0.05, 0) is 31.6 Å². The van der Waals surface area contributed by atoms with Gasteiger partial charge in [-0.15, -0.1) is 0 Å². The van der Waals surface area contributed by atoms with E-state index in [4.69, 9.17) is 37.0 Å². The first-order chi connectivity index (χ1) is 51.0. The predicted octanol–water partition coefficient (Wildman–Crippen LogP) is 26.4. The number of carbonyl (C=O) groups is 4. The molecule has 19 heteroatoms. The molecule has 0 rings (SSSR count). The molecule has 5 atom stereocenters. The summed E-state index contributed by atoms with van der Waals surface area (Å²) in [7, 11) is -9.92. The molecule has 624 valence electrons. The van der Waals surface area contributed by atoms with Crippen LogP contribution in [-0.2, 0) is 65.4 Å². The van der Waals surface area contributed by atoms with E-state index in [1.54, 1.807) is 0 Å². The van der Waals surface area contributed by atoms with Gasteiger partial charge in [0.1, 0.15) is 19.3 Å². The molecule has 0 saturated heterocycles. The minimum absolute atomic E-state index is 0.108. The minimum Gasteiger partial charge on any atom is -0.462 e. The van der Waals surface area contributed by atoms with Crippen LogP contribution >= 0.6 is 15.6 Å². The number of phosphoric acid groups is 2. The quantitative estimate of drug-likeness (QED) is 0.0222. The third-order valence-corrected chi connectivity index (χ3v) is 22.2. The van der Waals surface area contributed by atoms with E-state index in [9.17, 15) is 43.2 Å². The lowest BCUT2D eigenvalue weighted by atomic mass is 10.0. The Kier molecular flexibility index (Phi) is 77.3. The summed E-state index contributed by atoms with van der Waals surface area (Å²) in [5.41, 5.74) is 0. The second-order valence-corrected chi connectivity index (χ2v) is 34.3.